The zero-order valence-corrected chi connectivity index (χ0v) is 9.28. The summed E-state index contributed by atoms with van der Waals surface area (Å²) in [5, 5.41) is 9.01. The number of hydrogen-bond donors (Lipinski definition) is 1. The number of rotatable bonds is 4. The maximum atomic E-state index is 10.6. The summed E-state index contributed by atoms with van der Waals surface area (Å²) in [4.78, 5) is 14.5. The number of halogens is 1. The quantitative estimate of drug-likeness (QED) is 0.805. The standard InChI is InChI=1S/C10H12ClNO3/c1-6(5-9(13)14)7-3-4-8(11)12-10(7)15-2/h3-4,6H,5H2,1-2H3,(H,13,14). The molecule has 0 bridgehead atoms. The van der Waals surface area contributed by atoms with Gasteiger partial charge in [-0.3, -0.25) is 4.79 Å². The number of carboxylic acid groups (broad SMARTS) is 1. The Bertz CT molecular complexity index is 368. The fraction of sp³-hybridized carbons (Fsp3) is 0.400. The molecule has 15 heavy (non-hydrogen) atoms. The van der Waals surface area contributed by atoms with Gasteiger partial charge in [-0.1, -0.05) is 24.6 Å². The van der Waals surface area contributed by atoms with Crippen LogP contribution in [0.3, 0.4) is 0 Å². The van der Waals surface area contributed by atoms with E-state index in [2.05, 4.69) is 4.98 Å². The Morgan fingerprint density at radius 1 is 1.67 bits per heavy atom. The number of methoxy groups -OCH3 is 1. The molecule has 1 aromatic heterocycles. The predicted molar refractivity (Wildman–Crippen MR) is 56.5 cm³/mol. The summed E-state index contributed by atoms with van der Waals surface area (Å²) >= 11 is 5.70. The summed E-state index contributed by atoms with van der Waals surface area (Å²) < 4.78 is 5.04. The summed E-state index contributed by atoms with van der Waals surface area (Å²) in [5.74, 6) is -0.613. The smallest absolute Gasteiger partial charge is 0.303 e. The zero-order chi connectivity index (χ0) is 11.4. The summed E-state index contributed by atoms with van der Waals surface area (Å²) in [6.45, 7) is 1.81. The normalized spacial score (nSPS) is 12.2. The van der Waals surface area contributed by atoms with E-state index in [1.807, 2.05) is 6.92 Å². The Morgan fingerprint density at radius 3 is 2.87 bits per heavy atom. The van der Waals surface area contributed by atoms with Gasteiger partial charge in [-0.05, 0) is 12.0 Å². The van der Waals surface area contributed by atoms with Crippen molar-refractivity contribution in [2.75, 3.05) is 7.11 Å². The maximum absolute atomic E-state index is 10.6. The molecule has 0 amide bonds. The first-order chi connectivity index (χ1) is 7.04. The van der Waals surface area contributed by atoms with E-state index >= 15 is 0 Å². The molecule has 1 unspecified atom stereocenters. The fourth-order valence-electron chi connectivity index (χ4n) is 1.34. The summed E-state index contributed by atoms with van der Waals surface area (Å²) in [7, 11) is 1.48. The average molecular weight is 230 g/mol. The van der Waals surface area contributed by atoms with Gasteiger partial charge in [0.1, 0.15) is 5.15 Å². The van der Waals surface area contributed by atoms with Gasteiger partial charge in [-0.2, -0.15) is 0 Å². The van der Waals surface area contributed by atoms with Crippen molar-refractivity contribution in [3.05, 3.63) is 22.8 Å². The molecule has 4 nitrogen and oxygen atoms in total. The number of aromatic nitrogens is 1. The summed E-state index contributed by atoms with van der Waals surface area (Å²) in [6, 6.07) is 3.36. The van der Waals surface area contributed by atoms with E-state index in [1.165, 1.54) is 7.11 Å². The van der Waals surface area contributed by atoms with Crippen LogP contribution in [0, 0.1) is 0 Å². The molecule has 0 radical (unpaired) electrons. The highest BCUT2D eigenvalue weighted by molar-refractivity contribution is 6.29. The second-order valence-corrected chi connectivity index (χ2v) is 3.62. The van der Waals surface area contributed by atoms with Gasteiger partial charge in [-0.15, -0.1) is 0 Å². The van der Waals surface area contributed by atoms with Gasteiger partial charge in [0, 0.05) is 5.56 Å². The van der Waals surface area contributed by atoms with Gasteiger partial charge in [0.2, 0.25) is 5.88 Å². The van der Waals surface area contributed by atoms with Gasteiger partial charge in [0.15, 0.2) is 0 Å². The molecule has 0 spiro atoms. The SMILES string of the molecule is COc1nc(Cl)ccc1C(C)CC(=O)O. The number of carboxylic acids is 1. The van der Waals surface area contributed by atoms with E-state index in [-0.39, 0.29) is 12.3 Å². The molecule has 1 N–H and O–H groups in total. The van der Waals surface area contributed by atoms with Crippen LogP contribution >= 0.6 is 11.6 Å². The molecule has 0 saturated carbocycles. The van der Waals surface area contributed by atoms with Crippen molar-refractivity contribution in [3.63, 3.8) is 0 Å². The molecule has 0 fully saturated rings. The molecule has 0 aliphatic carbocycles. The van der Waals surface area contributed by atoms with E-state index in [0.717, 1.165) is 5.56 Å². The molecule has 1 atom stereocenters. The highest BCUT2D eigenvalue weighted by Gasteiger charge is 2.15. The molecule has 1 aromatic rings. The minimum absolute atomic E-state index is 0.0413. The maximum Gasteiger partial charge on any atom is 0.303 e. The van der Waals surface area contributed by atoms with E-state index in [4.69, 9.17) is 21.4 Å². The first-order valence-electron chi connectivity index (χ1n) is 4.46. The minimum atomic E-state index is -0.848. The Morgan fingerprint density at radius 2 is 2.33 bits per heavy atom. The second-order valence-electron chi connectivity index (χ2n) is 3.23. The largest absolute Gasteiger partial charge is 0.481 e. The Kier molecular flexibility index (Phi) is 3.91. The summed E-state index contributed by atoms with van der Waals surface area (Å²) in [5.41, 5.74) is 0.754. The van der Waals surface area contributed by atoms with Crippen molar-refractivity contribution in [1.82, 2.24) is 4.98 Å². The third kappa shape index (κ3) is 3.09. The molecule has 0 aromatic carbocycles. The third-order valence-corrected chi connectivity index (χ3v) is 2.27. The van der Waals surface area contributed by atoms with Crippen LogP contribution in [0.25, 0.3) is 0 Å². The topological polar surface area (TPSA) is 59.4 Å². The average Bonchev–Trinajstić information content (AvgIpc) is 2.16. The van der Waals surface area contributed by atoms with Gasteiger partial charge < -0.3 is 9.84 Å². The Hall–Kier alpha value is -1.29. The highest BCUT2D eigenvalue weighted by atomic mass is 35.5. The Labute approximate surface area is 92.8 Å². The monoisotopic (exact) mass is 229 g/mol. The lowest BCUT2D eigenvalue weighted by atomic mass is 9.99. The number of aliphatic carboxylic acids is 1. The van der Waals surface area contributed by atoms with Crippen molar-refractivity contribution in [3.8, 4) is 5.88 Å². The van der Waals surface area contributed by atoms with Crippen LogP contribution in [-0.2, 0) is 4.79 Å². The molecule has 82 valence electrons. The van der Waals surface area contributed by atoms with Crippen LogP contribution in [0.5, 0.6) is 5.88 Å². The number of pyridine rings is 1. The van der Waals surface area contributed by atoms with Crippen LogP contribution < -0.4 is 4.74 Å². The second kappa shape index (κ2) is 4.98. The van der Waals surface area contributed by atoms with Crippen LogP contribution in [0.4, 0.5) is 0 Å². The fourth-order valence-corrected chi connectivity index (χ4v) is 1.48. The summed E-state index contributed by atoms with van der Waals surface area (Å²) in [6.07, 6.45) is 0.0413. The van der Waals surface area contributed by atoms with Crippen molar-refractivity contribution in [2.45, 2.75) is 19.3 Å². The van der Waals surface area contributed by atoms with Gasteiger partial charge >= 0.3 is 5.97 Å². The first-order valence-corrected chi connectivity index (χ1v) is 4.84. The van der Waals surface area contributed by atoms with Crippen LogP contribution in [-0.4, -0.2) is 23.2 Å². The van der Waals surface area contributed by atoms with Crippen LogP contribution in [0.15, 0.2) is 12.1 Å². The molecule has 5 heteroatoms. The van der Waals surface area contributed by atoms with Crippen molar-refractivity contribution in [1.29, 1.82) is 0 Å². The lowest BCUT2D eigenvalue weighted by molar-refractivity contribution is -0.137. The highest BCUT2D eigenvalue weighted by Crippen LogP contribution is 2.28. The van der Waals surface area contributed by atoms with Crippen LogP contribution in [0.2, 0.25) is 5.15 Å². The van der Waals surface area contributed by atoms with Crippen molar-refractivity contribution >= 4 is 17.6 Å². The minimum Gasteiger partial charge on any atom is -0.481 e. The number of carbonyl (C=O) groups is 1. The molecular formula is C10H12ClNO3. The lowest BCUT2D eigenvalue weighted by Gasteiger charge is -2.12. The van der Waals surface area contributed by atoms with Crippen molar-refractivity contribution < 1.29 is 14.6 Å². The van der Waals surface area contributed by atoms with E-state index < -0.39 is 5.97 Å². The lowest BCUT2D eigenvalue weighted by Crippen LogP contribution is -2.05. The number of hydrogen-bond acceptors (Lipinski definition) is 3. The van der Waals surface area contributed by atoms with Crippen molar-refractivity contribution in [2.24, 2.45) is 0 Å². The molecule has 0 aliphatic heterocycles. The van der Waals surface area contributed by atoms with E-state index in [1.54, 1.807) is 12.1 Å². The van der Waals surface area contributed by atoms with Gasteiger partial charge in [-0.25, -0.2) is 4.98 Å². The molecule has 0 saturated heterocycles. The predicted octanol–water partition coefficient (Wildman–Crippen LogP) is 2.32. The van der Waals surface area contributed by atoms with Gasteiger partial charge in [0.05, 0.1) is 13.5 Å². The third-order valence-electron chi connectivity index (χ3n) is 2.06. The Balaban J connectivity index is 2.97. The molecule has 0 aliphatic rings. The molecular weight excluding hydrogens is 218 g/mol. The molecule has 1 heterocycles. The van der Waals surface area contributed by atoms with E-state index in [9.17, 15) is 4.79 Å². The van der Waals surface area contributed by atoms with Gasteiger partial charge in [0.25, 0.3) is 0 Å². The molecule has 1 rings (SSSR count). The number of nitrogens with zero attached hydrogens (tertiary/aromatic N) is 1. The first kappa shape index (κ1) is 11.8. The number of ether oxygens (including phenoxy) is 1. The zero-order valence-electron chi connectivity index (χ0n) is 8.53. The van der Waals surface area contributed by atoms with E-state index in [0.29, 0.717) is 11.0 Å². The van der Waals surface area contributed by atoms with Crippen LogP contribution in [0.1, 0.15) is 24.8 Å².